The summed E-state index contributed by atoms with van der Waals surface area (Å²) in [6.07, 6.45) is 0. The van der Waals surface area contributed by atoms with Gasteiger partial charge in [-0.3, -0.25) is 0 Å². The Bertz CT molecular complexity index is 520. The molecule has 0 aromatic heterocycles. The summed E-state index contributed by atoms with van der Waals surface area (Å²) in [6.45, 7) is 4.31. The molecule has 0 amide bonds. The summed E-state index contributed by atoms with van der Waals surface area (Å²) in [5, 5.41) is 0. The first-order valence-corrected chi connectivity index (χ1v) is 7.38. The van der Waals surface area contributed by atoms with Crippen LogP contribution in [0.5, 0.6) is 0 Å². The van der Waals surface area contributed by atoms with Crippen molar-refractivity contribution in [2.45, 2.75) is 24.5 Å². The highest BCUT2D eigenvalue weighted by Gasteiger charge is 2.02. The molecule has 0 saturated carbocycles. The SMILES string of the molecule is Cc1ccc(C)c(SCc2ccccc2Br)c1. The van der Waals surface area contributed by atoms with Gasteiger partial charge in [0.15, 0.2) is 0 Å². The zero-order valence-electron chi connectivity index (χ0n) is 10.0. The number of thioether (sulfide) groups is 1. The second-order valence-corrected chi connectivity index (χ2v) is 6.02. The minimum Gasteiger partial charge on any atom is -0.121 e. The Labute approximate surface area is 116 Å². The topological polar surface area (TPSA) is 0 Å². The van der Waals surface area contributed by atoms with Gasteiger partial charge in [0, 0.05) is 15.1 Å². The minimum absolute atomic E-state index is 1.01. The van der Waals surface area contributed by atoms with Gasteiger partial charge in [-0.15, -0.1) is 11.8 Å². The molecule has 0 aliphatic carbocycles. The lowest BCUT2D eigenvalue weighted by atomic mass is 10.2. The maximum Gasteiger partial charge on any atom is 0.0243 e. The van der Waals surface area contributed by atoms with Gasteiger partial charge in [-0.05, 0) is 37.1 Å². The van der Waals surface area contributed by atoms with Crippen molar-refractivity contribution in [1.82, 2.24) is 0 Å². The van der Waals surface area contributed by atoms with E-state index < -0.39 is 0 Å². The van der Waals surface area contributed by atoms with Gasteiger partial charge >= 0.3 is 0 Å². The van der Waals surface area contributed by atoms with Gasteiger partial charge < -0.3 is 0 Å². The first kappa shape index (κ1) is 12.7. The predicted molar refractivity (Wildman–Crippen MR) is 79.6 cm³/mol. The van der Waals surface area contributed by atoms with E-state index in [0.717, 1.165) is 5.75 Å². The Morgan fingerprint density at radius 1 is 1.06 bits per heavy atom. The highest BCUT2D eigenvalue weighted by Crippen LogP contribution is 2.29. The zero-order valence-corrected chi connectivity index (χ0v) is 12.4. The Morgan fingerprint density at radius 2 is 1.82 bits per heavy atom. The summed E-state index contributed by atoms with van der Waals surface area (Å²) in [5.74, 6) is 1.01. The highest BCUT2D eigenvalue weighted by atomic mass is 79.9. The molecule has 0 nitrogen and oxygen atoms in total. The number of rotatable bonds is 3. The Balaban J connectivity index is 2.12. The van der Waals surface area contributed by atoms with Crippen molar-refractivity contribution in [2.75, 3.05) is 0 Å². The summed E-state index contributed by atoms with van der Waals surface area (Å²) in [5.41, 5.74) is 4.02. The van der Waals surface area contributed by atoms with E-state index in [1.807, 2.05) is 11.8 Å². The molecule has 0 fully saturated rings. The highest BCUT2D eigenvalue weighted by molar-refractivity contribution is 9.10. The molecular formula is C15H15BrS. The molecule has 0 unspecified atom stereocenters. The van der Waals surface area contributed by atoms with Crippen molar-refractivity contribution >= 4 is 27.7 Å². The van der Waals surface area contributed by atoms with Gasteiger partial charge in [-0.1, -0.05) is 51.8 Å². The fourth-order valence-electron chi connectivity index (χ4n) is 1.63. The second-order valence-electron chi connectivity index (χ2n) is 4.15. The van der Waals surface area contributed by atoms with E-state index in [4.69, 9.17) is 0 Å². The molecule has 0 spiro atoms. The normalized spacial score (nSPS) is 10.5. The predicted octanol–water partition coefficient (Wildman–Crippen LogP) is 5.36. The van der Waals surface area contributed by atoms with E-state index in [1.165, 1.54) is 26.1 Å². The molecule has 0 N–H and O–H groups in total. The molecule has 0 radical (unpaired) electrons. The quantitative estimate of drug-likeness (QED) is 0.688. The fraction of sp³-hybridized carbons (Fsp3) is 0.200. The lowest BCUT2D eigenvalue weighted by Gasteiger charge is -2.08. The van der Waals surface area contributed by atoms with E-state index >= 15 is 0 Å². The lowest BCUT2D eigenvalue weighted by molar-refractivity contribution is 1.25. The number of hydrogen-bond acceptors (Lipinski definition) is 1. The zero-order chi connectivity index (χ0) is 12.3. The monoisotopic (exact) mass is 306 g/mol. The van der Waals surface area contributed by atoms with Crippen molar-refractivity contribution in [1.29, 1.82) is 0 Å². The van der Waals surface area contributed by atoms with Crippen LogP contribution in [0.4, 0.5) is 0 Å². The maximum atomic E-state index is 3.59. The van der Waals surface area contributed by atoms with Crippen molar-refractivity contribution in [2.24, 2.45) is 0 Å². The molecule has 2 aromatic carbocycles. The summed E-state index contributed by atoms with van der Waals surface area (Å²) in [6, 6.07) is 15.0. The molecule has 0 aliphatic heterocycles. The first-order valence-electron chi connectivity index (χ1n) is 5.60. The van der Waals surface area contributed by atoms with Crippen molar-refractivity contribution in [3.8, 4) is 0 Å². The molecule has 0 atom stereocenters. The van der Waals surface area contributed by atoms with Crippen molar-refractivity contribution in [3.05, 3.63) is 63.6 Å². The van der Waals surface area contributed by atoms with E-state index in [9.17, 15) is 0 Å². The number of benzene rings is 2. The first-order chi connectivity index (χ1) is 8.16. The van der Waals surface area contributed by atoms with Crippen LogP contribution >= 0.6 is 27.7 Å². The van der Waals surface area contributed by atoms with Crippen LogP contribution in [0.25, 0.3) is 0 Å². The van der Waals surface area contributed by atoms with Gasteiger partial charge in [0.25, 0.3) is 0 Å². The van der Waals surface area contributed by atoms with Gasteiger partial charge in [0.05, 0.1) is 0 Å². The maximum absolute atomic E-state index is 3.59. The van der Waals surface area contributed by atoms with Gasteiger partial charge in [-0.2, -0.15) is 0 Å². The summed E-state index contributed by atoms with van der Waals surface area (Å²) >= 11 is 5.49. The molecular weight excluding hydrogens is 292 g/mol. The minimum atomic E-state index is 1.01. The third-order valence-corrected chi connectivity index (χ3v) is 4.66. The molecule has 0 aliphatic rings. The van der Waals surface area contributed by atoms with Crippen LogP contribution in [0, 0.1) is 13.8 Å². The van der Waals surface area contributed by atoms with Crippen LogP contribution in [0.3, 0.4) is 0 Å². The van der Waals surface area contributed by atoms with E-state index in [2.05, 4.69) is 72.2 Å². The van der Waals surface area contributed by atoms with Crippen molar-refractivity contribution < 1.29 is 0 Å². The van der Waals surface area contributed by atoms with E-state index in [1.54, 1.807) is 0 Å². The largest absolute Gasteiger partial charge is 0.121 e. The Hall–Kier alpha value is -0.730. The summed E-state index contributed by atoms with van der Waals surface area (Å²) in [7, 11) is 0. The average molecular weight is 307 g/mol. The van der Waals surface area contributed by atoms with Crippen LogP contribution < -0.4 is 0 Å². The molecule has 88 valence electrons. The van der Waals surface area contributed by atoms with Crippen LogP contribution in [-0.2, 0) is 5.75 Å². The number of halogens is 1. The van der Waals surface area contributed by atoms with Gasteiger partial charge in [-0.25, -0.2) is 0 Å². The van der Waals surface area contributed by atoms with Crippen molar-refractivity contribution in [3.63, 3.8) is 0 Å². The smallest absolute Gasteiger partial charge is 0.0243 e. The van der Waals surface area contributed by atoms with Gasteiger partial charge in [0.1, 0.15) is 0 Å². The van der Waals surface area contributed by atoms with E-state index in [0.29, 0.717) is 0 Å². The standard InChI is InChI=1S/C15H15BrS/c1-11-7-8-12(2)15(9-11)17-10-13-5-3-4-6-14(13)16/h3-9H,10H2,1-2H3. The summed E-state index contributed by atoms with van der Waals surface area (Å²) < 4.78 is 1.19. The van der Waals surface area contributed by atoms with Crippen LogP contribution in [0.2, 0.25) is 0 Å². The second kappa shape index (κ2) is 5.74. The number of aryl methyl sites for hydroxylation is 2. The molecule has 0 bridgehead atoms. The molecule has 17 heavy (non-hydrogen) atoms. The molecule has 2 heteroatoms. The third kappa shape index (κ3) is 3.36. The van der Waals surface area contributed by atoms with Crippen LogP contribution in [0.15, 0.2) is 51.8 Å². The average Bonchev–Trinajstić information content (AvgIpc) is 2.32. The summed E-state index contributed by atoms with van der Waals surface area (Å²) in [4.78, 5) is 1.38. The van der Waals surface area contributed by atoms with Crippen LogP contribution in [-0.4, -0.2) is 0 Å². The third-order valence-electron chi connectivity index (χ3n) is 2.68. The number of hydrogen-bond donors (Lipinski definition) is 0. The fourth-order valence-corrected chi connectivity index (χ4v) is 3.37. The molecule has 0 saturated heterocycles. The molecule has 2 rings (SSSR count). The van der Waals surface area contributed by atoms with Gasteiger partial charge in [0.2, 0.25) is 0 Å². The Kier molecular flexibility index (Phi) is 4.30. The lowest BCUT2D eigenvalue weighted by Crippen LogP contribution is -1.85. The molecule has 0 heterocycles. The Morgan fingerprint density at radius 3 is 2.59 bits per heavy atom. The van der Waals surface area contributed by atoms with E-state index in [-0.39, 0.29) is 0 Å². The molecule has 2 aromatic rings. The van der Waals surface area contributed by atoms with Crippen LogP contribution in [0.1, 0.15) is 16.7 Å².